The number of carbonyl (C=O) groups excluding carboxylic acids is 4. The Morgan fingerprint density at radius 1 is 0.906 bits per heavy atom. The number of urea groups is 1. The number of hydrogen-bond donors (Lipinski definition) is 3. The molecule has 0 spiro atoms. The van der Waals surface area contributed by atoms with Gasteiger partial charge in [-0.2, -0.15) is 9.97 Å². The van der Waals surface area contributed by atoms with Gasteiger partial charge in [-0.3, -0.25) is 14.9 Å². The highest BCUT2D eigenvalue weighted by Gasteiger charge is 2.45. The van der Waals surface area contributed by atoms with Crippen molar-refractivity contribution >= 4 is 51.7 Å². The first-order valence-corrected chi connectivity index (χ1v) is 17.3. The minimum atomic E-state index is -4.54. The molecule has 0 saturated carbocycles. The first-order valence-electron chi connectivity index (χ1n) is 15.8. The van der Waals surface area contributed by atoms with E-state index in [-0.39, 0.29) is 29.0 Å². The third-order valence-corrected chi connectivity index (χ3v) is 8.77. The lowest BCUT2D eigenvalue weighted by molar-refractivity contribution is -0.135. The lowest BCUT2D eigenvalue weighted by Crippen LogP contribution is -2.36. The average Bonchev–Trinajstić information content (AvgIpc) is 3.62. The number of benzene rings is 3. The Bertz CT molecular complexity index is 2020. The highest BCUT2D eigenvalue weighted by molar-refractivity contribution is 7.90. The van der Waals surface area contributed by atoms with Crippen molar-refractivity contribution in [2.45, 2.75) is 23.8 Å². The van der Waals surface area contributed by atoms with E-state index in [2.05, 4.69) is 25.8 Å². The molecule has 18 heteroatoms. The van der Waals surface area contributed by atoms with E-state index in [1.54, 1.807) is 11.6 Å². The molecule has 0 radical (unpaired) electrons. The third-order valence-electron chi connectivity index (χ3n) is 7.40. The Balaban J connectivity index is 0.000000250. The topological polar surface area (TPSA) is 217 Å². The zero-order chi connectivity index (χ0) is 38.6. The molecule has 2 heterocycles. The van der Waals surface area contributed by atoms with Crippen LogP contribution in [0.1, 0.15) is 34.8 Å². The van der Waals surface area contributed by atoms with E-state index in [0.29, 0.717) is 25.1 Å². The molecule has 1 aliphatic heterocycles. The molecule has 278 valence electrons. The summed E-state index contributed by atoms with van der Waals surface area (Å²) in [6.07, 6.45) is 0.701. The van der Waals surface area contributed by atoms with Crippen LogP contribution < -0.4 is 24.8 Å². The summed E-state index contributed by atoms with van der Waals surface area (Å²) in [4.78, 5) is 61.5. The summed E-state index contributed by atoms with van der Waals surface area (Å²) in [5.41, 5.74) is 1.36. The quantitative estimate of drug-likeness (QED) is 0.140. The maximum absolute atomic E-state index is 12.8. The molecule has 0 saturated heterocycles. The average molecular weight is 748 g/mol. The summed E-state index contributed by atoms with van der Waals surface area (Å²) in [5, 5.41) is 8.44. The number of rotatable bonds is 12. The monoisotopic (exact) mass is 747 g/mol. The van der Waals surface area contributed by atoms with Gasteiger partial charge in [0.25, 0.3) is 15.9 Å². The molecule has 4 aromatic rings. The summed E-state index contributed by atoms with van der Waals surface area (Å²) in [5.74, 6) is -1.20. The molecule has 53 heavy (non-hydrogen) atoms. The number of carbonyl (C=O) groups is 4. The van der Waals surface area contributed by atoms with E-state index in [1.165, 1.54) is 46.5 Å². The summed E-state index contributed by atoms with van der Waals surface area (Å²) >= 11 is 0. The third kappa shape index (κ3) is 9.61. The van der Waals surface area contributed by atoms with Crippen molar-refractivity contribution in [2.24, 2.45) is 5.16 Å². The van der Waals surface area contributed by atoms with Crippen molar-refractivity contribution < 1.29 is 46.6 Å². The molecular weight excluding hydrogens is 710 g/mol. The molecule has 1 aromatic heterocycles. The molecule has 0 bridgehead atoms. The van der Waals surface area contributed by atoms with Crippen LogP contribution >= 0.6 is 0 Å². The van der Waals surface area contributed by atoms with Crippen LogP contribution in [-0.4, -0.2) is 88.2 Å². The lowest BCUT2D eigenvalue weighted by atomic mass is 9.82. The molecule has 17 nitrogen and oxygen atoms in total. The van der Waals surface area contributed by atoms with Gasteiger partial charge in [-0.15, -0.1) is 0 Å². The van der Waals surface area contributed by atoms with Gasteiger partial charge < -0.3 is 29.3 Å². The second-order valence-corrected chi connectivity index (χ2v) is 12.7. The highest BCUT2D eigenvalue weighted by Crippen LogP contribution is 2.41. The maximum atomic E-state index is 12.8. The second kappa shape index (κ2) is 17.6. The fraction of sp³-hybridized carbons (Fsp3) is 0.229. The van der Waals surface area contributed by atoms with E-state index in [4.69, 9.17) is 19.0 Å². The van der Waals surface area contributed by atoms with Gasteiger partial charge in [-0.1, -0.05) is 65.8 Å². The van der Waals surface area contributed by atoms with Crippen molar-refractivity contribution in [3.63, 3.8) is 0 Å². The minimum absolute atomic E-state index is 0.0662. The number of oxime groups is 1. The predicted octanol–water partition coefficient (Wildman–Crippen LogP) is 3.54. The fourth-order valence-corrected chi connectivity index (χ4v) is 6.07. The van der Waals surface area contributed by atoms with Gasteiger partial charge in [0.15, 0.2) is 11.3 Å². The summed E-state index contributed by atoms with van der Waals surface area (Å²) in [6.45, 7) is 2.09. The number of anilines is 2. The molecule has 3 N–H and O–H groups in total. The van der Waals surface area contributed by atoms with Crippen LogP contribution in [0.2, 0.25) is 0 Å². The number of esters is 1. The molecule has 0 atom stereocenters. The van der Waals surface area contributed by atoms with Gasteiger partial charge in [0.05, 0.1) is 38.9 Å². The predicted molar refractivity (Wildman–Crippen MR) is 192 cm³/mol. The van der Waals surface area contributed by atoms with Crippen LogP contribution in [0.4, 0.5) is 16.4 Å². The fourth-order valence-electron chi connectivity index (χ4n) is 4.94. The largest absolute Gasteiger partial charge is 0.481 e. The smallest absolute Gasteiger partial charge is 0.356 e. The van der Waals surface area contributed by atoms with Gasteiger partial charge in [-0.25, -0.2) is 22.7 Å². The van der Waals surface area contributed by atoms with Crippen molar-refractivity contribution in [3.8, 4) is 11.8 Å². The van der Waals surface area contributed by atoms with E-state index >= 15 is 0 Å². The number of nitrogens with zero attached hydrogens (tertiary/aromatic N) is 4. The summed E-state index contributed by atoms with van der Waals surface area (Å²) in [6, 6.07) is 23.4. The van der Waals surface area contributed by atoms with Crippen LogP contribution in [0.3, 0.4) is 0 Å². The molecule has 1 aliphatic rings. The Morgan fingerprint density at radius 3 is 2.00 bits per heavy atom. The van der Waals surface area contributed by atoms with Gasteiger partial charge in [-0.05, 0) is 25.1 Å². The second-order valence-electron chi connectivity index (χ2n) is 11.1. The van der Waals surface area contributed by atoms with E-state index < -0.39 is 38.4 Å². The highest BCUT2D eigenvalue weighted by atomic mass is 32.2. The molecule has 0 unspecified atom stereocenters. The molecule has 0 fully saturated rings. The molecule has 4 amide bonds. The number of methoxy groups -OCH3 is 2. The Labute approximate surface area is 305 Å². The first-order chi connectivity index (χ1) is 25.4. The lowest BCUT2D eigenvalue weighted by Gasteiger charge is -2.27. The standard InChI is InChI=1S/C18H17NO3.C17H20N6O7S/c1-2-21-17(20)16-13-18(22-19-16,14-9-5-3-6-10-14)15-11-7-4-8-12-15;1-23(2)15(25)11-6-5-10(18-9-24)7-12(11)31(27,28)22-17(26)21-16-19-13(29-3)8-14(20-16)30-4/h3-12H,2,13H2,1H3;5-9H,1-4H3,(H,18,24)(H2,19,20,21,22,26). The van der Waals surface area contributed by atoms with Crippen LogP contribution in [0.15, 0.2) is 95.0 Å². The molecule has 0 aliphatic carbocycles. The Kier molecular flexibility index (Phi) is 13.0. The molecule has 3 aromatic carbocycles. The van der Waals surface area contributed by atoms with Crippen LogP contribution in [0.25, 0.3) is 0 Å². The number of sulfonamides is 1. The minimum Gasteiger partial charge on any atom is -0.481 e. The zero-order valence-corrected chi connectivity index (χ0v) is 30.2. The number of hydrogen-bond acceptors (Lipinski definition) is 13. The normalized spacial score (nSPS) is 12.7. The number of aromatic nitrogens is 2. The van der Waals surface area contributed by atoms with Crippen LogP contribution in [0, 0.1) is 0 Å². The molecular formula is C35H37N7O10S. The zero-order valence-electron chi connectivity index (χ0n) is 29.4. The first kappa shape index (κ1) is 39.2. The number of amides is 4. The maximum Gasteiger partial charge on any atom is 0.356 e. The van der Waals surface area contributed by atoms with Gasteiger partial charge in [0.1, 0.15) is 4.90 Å². The van der Waals surface area contributed by atoms with Gasteiger partial charge in [0, 0.05) is 30.9 Å². The van der Waals surface area contributed by atoms with Crippen molar-refractivity contribution in [1.29, 1.82) is 0 Å². The van der Waals surface area contributed by atoms with Crippen LogP contribution in [-0.2, 0) is 34.8 Å². The van der Waals surface area contributed by atoms with Crippen molar-refractivity contribution in [3.05, 3.63) is 102 Å². The Hall–Kier alpha value is -6.56. The summed E-state index contributed by atoms with van der Waals surface area (Å²) < 4.78 is 42.4. The Morgan fingerprint density at radius 2 is 1.49 bits per heavy atom. The van der Waals surface area contributed by atoms with Crippen LogP contribution in [0.5, 0.6) is 11.8 Å². The van der Waals surface area contributed by atoms with Gasteiger partial charge in [0.2, 0.25) is 24.1 Å². The summed E-state index contributed by atoms with van der Waals surface area (Å²) in [7, 11) is 0.991. The van der Waals surface area contributed by atoms with E-state index in [9.17, 15) is 27.6 Å². The SMILES string of the molecule is CCOC(=O)C1=NOC(c2ccccc2)(c2ccccc2)C1.COc1cc(OC)nc(NC(=O)NS(=O)(=O)c2cc(NC=O)ccc2C(=O)N(C)C)n1. The van der Waals surface area contributed by atoms with E-state index in [1.807, 2.05) is 60.7 Å². The van der Waals surface area contributed by atoms with Gasteiger partial charge >= 0.3 is 12.0 Å². The van der Waals surface area contributed by atoms with E-state index in [0.717, 1.165) is 22.1 Å². The number of ether oxygens (including phenoxy) is 3. The molecule has 5 rings (SSSR count). The van der Waals surface area contributed by atoms with Crippen molar-refractivity contribution in [2.75, 3.05) is 45.6 Å². The number of nitrogens with one attached hydrogen (secondary N) is 3. The van der Waals surface area contributed by atoms with Crippen molar-refractivity contribution in [1.82, 2.24) is 19.6 Å².